The van der Waals surface area contributed by atoms with Crippen LogP contribution in [0, 0.1) is 11.8 Å². The lowest BCUT2D eigenvalue weighted by Crippen LogP contribution is -2.28. The van der Waals surface area contributed by atoms with E-state index >= 15 is 0 Å². The molecule has 0 aliphatic rings. The molecule has 29 heavy (non-hydrogen) atoms. The van der Waals surface area contributed by atoms with Gasteiger partial charge in [-0.15, -0.1) is 0 Å². The van der Waals surface area contributed by atoms with E-state index < -0.39 is 6.03 Å². The van der Waals surface area contributed by atoms with Crippen LogP contribution in [0.2, 0.25) is 0 Å². The van der Waals surface area contributed by atoms with E-state index in [4.69, 9.17) is 14.2 Å². The summed E-state index contributed by atoms with van der Waals surface area (Å²) in [6, 6.07) is 9.93. The second kappa shape index (κ2) is 10.5. The summed E-state index contributed by atoms with van der Waals surface area (Å²) < 4.78 is 15.8. The molecule has 0 aromatic heterocycles. The number of urea groups is 1. The van der Waals surface area contributed by atoms with E-state index in [9.17, 15) is 9.59 Å². The van der Waals surface area contributed by atoms with Crippen molar-refractivity contribution in [3.8, 4) is 29.1 Å². The molecule has 0 saturated carbocycles. The maximum absolute atomic E-state index is 12.1. The van der Waals surface area contributed by atoms with Gasteiger partial charge in [-0.05, 0) is 24.3 Å². The molecule has 0 saturated heterocycles. The Morgan fingerprint density at radius 2 is 1.52 bits per heavy atom. The number of nitrogens with one attached hydrogen (secondary N) is 3. The maximum Gasteiger partial charge on any atom is 0.319 e. The van der Waals surface area contributed by atoms with Crippen molar-refractivity contribution in [3.05, 3.63) is 42.0 Å². The van der Waals surface area contributed by atoms with Crippen LogP contribution in [0.4, 0.5) is 16.2 Å². The van der Waals surface area contributed by atoms with Crippen LogP contribution >= 0.6 is 0 Å². The Balaban J connectivity index is 1.92. The summed E-state index contributed by atoms with van der Waals surface area (Å²) in [6.45, 7) is 1.60. The lowest BCUT2D eigenvalue weighted by atomic mass is 10.2. The fraction of sp³-hybridized carbons (Fsp3) is 0.238. The average molecular weight is 397 g/mol. The van der Waals surface area contributed by atoms with Gasteiger partial charge in [0.2, 0.25) is 11.7 Å². The number of anilines is 2. The first-order valence-corrected chi connectivity index (χ1v) is 8.68. The van der Waals surface area contributed by atoms with Crippen molar-refractivity contribution in [2.45, 2.75) is 6.92 Å². The summed E-state index contributed by atoms with van der Waals surface area (Å²) in [5.41, 5.74) is 1.95. The summed E-state index contributed by atoms with van der Waals surface area (Å²) in [6.07, 6.45) is 0. The number of ether oxygens (including phenoxy) is 3. The van der Waals surface area contributed by atoms with Gasteiger partial charge in [-0.25, -0.2) is 4.79 Å². The Labute approximate surface area is 169 Å². The van der Waals surface area contributed by atoms with E-state index in [1.54, 1.807) is 36.4 Å². The van der Waals surface area contributed by atoms with E-state index in [1.807, 2.05) is 0 Å². The number of methoxy groups -OCH3 is 3. The Morgan fingerprint density at radius 1 is 0.897 bits per heavy atom. The molecular formula is C21H23N3O5. The number of hydrogen-bond donors (Lipinski definition) is 3. The fourth-order valence-corrected chi connectivity index (χ4v) is 2.44. The van der Waals surface area contributed by atoms with Gasteiger partial charge in [0.1, 0.15) is 0 Å². The third-order valence-corrected chi connectivity index (χ3v) is 3.70. The molecule has 2 aromatic carbocycles. The van der Waals surface area contributed by atoms with Crippen LogP contribution in [0.3, 0.4) is 0 Å². The van der Waals surface area contributed by atoms with Crippen LogP contribution in [0.5, 0.6) is 17.2 Å². The van der Waals surface area contributed by atoms with Crippen LogP contribution < -0.4 is 30.2 Å². The molecule has 0 aliphatic heterocycles. The zero-order valence-corrected chi connectivity index (χ0v) is 16.7. The molecule has 8 nitrogen and oxygen atoms in total. The number of carbonyl (C=O) groups is 2. The molecule has 0 radical (unpaired) electrons. The van der Waals surface area contributed by atoms with Crippen molar-refractivity contribution >= 4 is 23.3 Å². The van der Waals surface area contributed by atoms with Crippen LogP contribution in [0.25, 0.3) is 0 Å². The molecule has 152 valence electrons. The first-order chi connectivity index (χ1) is 14.0. The maximum atomic E-state index is 12.1. The normalized spacial score (nSPS) is 9.52. The molecule has 0 aliphatic carbocycles. The Bertz CT molecular complexity index is 905. The van der Waals surface area contributed by atoms with Crippen molar-refractivity contribution in [1.29, 1.82) is 0 Å². The smallest absolute Gasteiger partial charge is 0.319 e. The first kappa shape index (κ1) is 21.4. The molecule has 0 fully saturated rings. The third-order valence-electron chi connectivity index (χ3n) is 3.70. The molecule has 0 atom stereocenters. The van der Waals surface area contributed by atoms with Gasteiger partial charge in [0.25, 0.3) is 0 Å². The number of hydrogen-bond acceptors (Lipinski definition) is 5. The van der Waals surface area contributed by atoms with Crippen LogP contribution in [-0.2, 0) is 4.79 Å². The summed E-state index contributed by atoms with van der Waals surface area (Å²) in [7, 11) is 4.51. The number of rotatable bonds is 6. The highest BCUT2D eigenvalue weighted by Crippen LogP contribution is 2.39. The lowest BCUT2D eigenvalue weighted by molar-refractivity contribution is -0.114. The molecular weight excluding hydrogens is 374 g/mol. The molecule has 3 amide bonds. The van der Waals surface area contributed by atoms with Gasteiger partial charge in [0.15, 0.2) is 11.5 Å². The molecule has 0 bridgehead atoms. The second-order valence-electron chi connectivity index (χ2n) is 5.78. The van der Waals surface area contributed by atoms with E-state index in [1.165, 1.54) is 28.3 Å². The van der Waals surface area contributed by atoms with Crippen molar-refractivity contribution in [1.82, 2.24) is 5.32 Å². The van der Waals surface area contributed by atoms with E-state index in [0.717, 1.165) is 5.56 Å². The number of amides is 3. The van der Waals surface area contributed by atoms with E-state index in [0.29, 0.717) is 28.6 Å². The van der Waals surface area contributed by atoms with Crippen molar-refractivity contribution in [2.24, 2.45) is 0 Å². The summed E-state index contributed by atoms with van der Waals surface area (Å²) in [5.74, 6) is 6.98. The van der Waals surface area contributed by atoms with Crippen molar-refractivity contribution < 1.29 is 23.8 Å². The fourth-order valence-electron chi connectivity index (χ4n) is 2.44. The van der Waals surface area contributed by atoms with Gasteiger partial charge < -0.3 is 30.2 Å². The Morgan fingerprint density at radius 3 is 2.03 bits per heavy atom. The molecule has 2 rings (SSSR count). The molecule has 0 spiro atoms. The summed E-state index contributed by atoms with van der Waals surface area (Å²) in [4.78, 5) is 23.1. The zero-order chi connectivity index (χ0) is 21.2. The Hall–Kier alpha value is -3.86. The highest BCUT2D eigenvalue weighted by molar-refractivity contribution is 5.90. The molecule has 2 aromatic rings. The van der Waals surface area contributed by atoms with Crippen LogP contribution in [0.1, 0.15) is 12.5 Å². The number of benzene rings is 2. The van der Waals surface area contributed by atoms with Gasteiger partial charge in [0.05, 0.1) is 33.6 Å². The lowest BCUT2D eigenvalue weighted by Gasteiger charge is -2.14. The topological polar surface area (TPSA) is 97.9 Å². The standard InChI is InChI=1S/C21H23N3O5/c1-14(25)23-16-9-7-15(8-10-16)6-5-11-22-21(26)24-17-12-18(27-2)20(29-4)19(13-17)28-3/h7-10,12-13H,11H2,1-4H3,(H,23,25)(H2,22,24,26). The largest absolute Gasteiger partial charge is 0.493 e. The zero-order valence-electron chi connectivity index (χ0n) is 16.7. The van der Waals surface area contributed by atoms with Gasteiger partial charge in [-0.3, -0.25) is 4.79 Å². The Kier molecular flexibility index (Phi) is 7.74. The van der Waals surface area contributed by atoms with Crippen LogP contribution in [0.15, 0.2) is 36.4 Å². The molecule has 8 heteroatoms. The second-order valence-corrected chi connectivity index (χ2v) is 5.78. The molecule has 0 heterocycles. The average Bonchev–Trinajstić information content (AvgIpc) is 2.71. The quantitative estimate of drug-likeness (QED) is 0.651. The first-order valence-electron chi connectivity index (χ1n) is 8.68. The SMILES string of the molecule is COc1cc(NC(=O)NCC#Cc2ccc(NC(C)=O)cc2)cc(OC)c1OC. The minimum atomic E-state index is -0.422. The summed E-state index contributed by atoms with van der Waals surface area (Å²) >= 11 is 0. The van der Waals surface area contributed by atoms with Gasteiger partial charge in [0, 0.05) is 30.3 Å². The molecule has 0 unspecified atom stereocenters. The monoisotopic (exact) mass is 397 g/mol. The van der Waals surface area contributed by atoms with Crippen molar-refractivity contribution in [3.63, 3.8) is 0 Å². The van der Waals surface area contributed by atoms with Crippen molar-refractivity contribution in [2.75, 3.05) is 38.5 Å². The van der Waals surface area contributed by atoms with Crippen LogP contribution in [-0.4, -0.2) is 39.8 Å². The minimum absolute atomic E-state index is 0.133. The minimum Gasteiger partial charge on any atom is -0.493 e. The highest BCUT2D eigenvalue weighted by atomic mass is 16.5. The van der Waals surface area contributed by atoms with Gasteiger partial charge in [-0.1, -0.05) is 11.8 Å². The predicted molar refractivity (Wildman–Crippen MR) is 111 cm³/mol. The highest BCUT2D eigenvalue weighted by Gasteiger charge is 2.14. The predicted octanol–water partition coefficient (Wildman–Crippen LogP) is 2.84. The third kappa shape index (κ3) is 6.36. The van der Waals surface area contributed by atoms with Gasteiger partial charge in [-0.2, -0.15) is 0 Å². The van der Waals surface area contributed by atoms with E-state index in [2.05, 4.69) is 27.8 Å². The molecule has 3 N–H and O–H groups in total. The van der Waals surface area contributed by atoms with E-state index in [-0.39, 0.29) is 12.5 Å². The summed E-state index contributed by atoms with van der Waals surface area (Å²) in [5, 5.41) is 8.02. The number of carbonyl (C=O) groups excluding carboxylic acids is 2. The van der Waals surface area contributed by atoms with Gasteiger partial charge >= 0.3 is 6.03 Å².